The largest absolute Gasteiger partial charge is 0.450 e. The van der Waals surface area contributed by atoms with E-state index in [2.05, 4.69) is 26.1 Å². The molecule has 0 saturated heterocycles. The van der Waals surface area contributed by atoms with Crippen LogP contribution in [0.1, 0.15) is 117 Å². The maximum absolute atomic E-state index is 11.5. The molecular weight excluding hydrogens is 310 g/mol. The third kappa shape index (κ3) is 21.2. The van der Waals surface area contributed by atoms with Gasteiger partial charge in [-0.15, -0.1) is 0 Å². The number of amides is 1. The zero-order chi connectivity index (χ0) is 18.6. The summed E-state index contributed by atoms with van der Waals surface area (Å²) in [5, 5.41) is 2.85. The molecule has 0 fully saturated rings. The quantitative estimate of drug-likeness (QED) is 0.263. The van der Waals surface area contributed by atoms with Crippen LogP contribution >= 0.6 is 0 Å². The van der Waals surface area contributed by atoms with Crippen LogP contribution in [0.15, 0.2) is 0 Å². The molecule has 0 aliphatic heterocycles. The molecule has 0 aromatic rings. The smallest absolute Gasteiger partial charge is 0.407 e. The van der Waals surface area contributed by atoms with Crippen molar-refractivity contribution in [3.05, 3.63) is 0 Å². The van der Waals surface area contributed by atoms with Crippen molar-refractivity contribution in [1.82, 2.24) is 5.32 Å². The third-order valence-corrected chi connectivity index (χ3v) is 4.71. The molecule has 0 rings (SSSR count). The van der Waals surface area contributed by atoms with E-state index >= 15 is 0 Å². The number of nitrogens with one attached hydrogen (secondary N) is 1. The van der Waals surface area contributed by atoms with Crippen LogP contribution in [0.25, 0.3) is 0 Å². The molecule has 3 heteroatoms. The fourth-order valence-electron chi connectivity index (χ4n) is 3.03. The van der Waals surface area contributed by atoms with Gasteiger partial charge in [0.1, 0.15) is 0 Å². The lowest BCUT2D eigenvalue weighted by molar-refractivity contribution is 0.143. The topological polar surface area (TPSA) is 38.3 Å². The lowest BCUT2D eigenvalue weighted by Crippen LogP contribution is -2.25. The van der Waals surface area contributed by atoms with Crippen molar-refractivity contribution in [2.45, 2.75) is 117 Å². The summed E-state index contributed by atoms with van der Waals surface area (Å²) >= 11 is 0. The van der Waals surface area contributed by atoms with Gasteiger partial charge in [-0.3, -0.25) is 0 Å². The van der Waals surface area contributed by atoms with E-state index in [4.69, 9.17) is 4.74 Å². The Morgan fingerprint density at radius 1 is 0.760 bits per heavy atom. The van der Waals surface area contributed by atoms with Gasteiger partial charge in [0.2, 0.25) is 0 Å². The van der Waals surface area contributed by atoms with Crippen LogP contribution < -0.4 is 5.32 Å². The minimum Gasteiger partial charge on any atom is -0.450 e. The zero-order valence-corrected chi connectivity index (χ0v) is 17.4. The Morgan fingerprint density at radius 2 is 1.28 bits per heavy atom. The van der Waals surface area contributed by atoms with Gasteiger partial charge >= 0.3 is 6.09 Å². The fourth-order valence-corrected chi connectivity index (χ4v) is 3.03. The maximum atomic E-state index is 11.5. The second-order valence-electron chi connectivity index (χ2n) is 7.84. The maximum Gasteiger partial charge on any atom is 0.407 e. The average Bonchev–Trinajstić information content (AvgIpc) is 2.58. The summed E-state index contributed by atoms with van der Waals surface area (Å²) in [6.07, 6.45) is 18.9. The molecule has 1 N–H and O–H groups in total. The van der Waals surface area contributed by atoms with Gasteiger partial charge in [-0.05, 0) is 18.8 Å². The summed E-state index contributed by atoms with van der Waals surface area (Å²) < 4.78 is 5.22. The highest BCUT2D eigenvalue weighted by Gasteiger charge is 2.01. The number of rotatable bonds is 18. The molecule has 0 spiro atoms. The molecule has 1 amide bonds. The highest BCUT2D eigenvalue weighted by atomic mass is 16.5. The Hall–Kier alpha value is -0.730. The van der Waals surface area contributed by atoms with Crippen molar-refractivity contribution in [3.63, 3.8) is 0 Å². The molecule has 0 unspecified atom stereocenters. The van der Waals surface area contributed by atoms with E-state index in [0.29, 0.717) is 6.61 Å². The first-order valence-corrected chi connectivity index (χ1v) is 11.1. The number of carbonyl (C=O) groups excluding carboxylic acids is 1. The van der Waals surface area contributed by atoms with Crippen molar-refractivity contribution >= 4 is 6.09 Å². The first-order valence-electron chi connectivity index (χ1n) is 11.1. The highest BCUT2D eigenvalue weighted by Crippen LogP contribution is 2.12. The molecule has 0 heterocycles. The summed E-state index contributed by atoms with van der Waals surface area (Å²) in [6.45, 7) is 8.15. The van der Waals surface area contributed by atoms with Crippen LogP contribution in [0, 0.1) is 5.92 Å². The normalized spacial score (nSPS) is 11.0. The van der Waals surface area contributed by atoms with Crippen LogP contribution in [-0.2, 0) is 4.74 Å². The number of hydrogen-bond acceptors (Lipinski definition) is 2. The molecule has 150 valence electrons. The molecule has 0 atom stereocenters. The molecule has 0 aromatic carbocycles. The predicted molar refractivity (Wildman–Crippen MR) is 109 cm³/mol. The van der Waals surface area contributed by atoms with E-state index in [1.54, 1.807) is 0 Å². The number of alkyl carbamates (subject to hydrolysis) is 1. The first kappa shape index (κ1) is 24.3. The number of unbranched alkanes of at least 4 members (excludes halogenated alkanes) is 12. The van der Waals surface area contributed by atoms with Crippen LogP contribution in [0.4, 0.5) is 4.79 Å². The van der Waals surface area contributed by atoms with E-state index in [9.17, 15) is 4.79 Å². The van der Waals surface area contributed by atoms with Gasteiger partial charge in [-0.1, -0.05) is 104 Å². The van der Waals surface area contributed by atoms with Crippen LogP contribution in [0.5, 0.6) is 0 Å². The van der Waals surface area contributed by atoms with Crippen molar-refractivity contribution in [3.8, 4) is 0 Å². The Kier molecular flexibility index (Phi) is 19.0. The van der Waals surface area contributed by atoms with Gasteiger partial charge < -0.3 is 10.1 Å². The number of ether oxygens (including phenoxy) is 1. The molecule has 0 saturated carbocycles. The molecular formula is C22H45NO2. The second-order valence-corrected chi connectivity index (χ2v) is 7.84. The average molecular weight is 356 g/mol. The van der Waals surface area contributed by atoms with E-state index in [1.807, 2.05) is 0 Å². The van der Waals surface area contributed by atoms with Gasteiger partial charge in [-0.2, -0.15) is 0 Å². The van der Waals surface area contributed by atoms with Crippen molar-refractivity contribution < 1.29 is 9.53 Å². The van der Waals surface area contributed by atoms with E-state index in [1.165, 1.54) is 83.5 Å². The van der Waals surface area contributed by atoms with E-state index < -0.39 is 0 Å². The van der Waals surface area contributed by atoms with Gasteiger partial charge in [0, 0.05) is 6.54 Å². The van der Waals surface area contributed by atoms with Crippen molar-refractivity contribution in [2.24, 2.45) is 5.92 Å². The van der Waals surface area contributed by atoms with Crippen LogP contribution in [0.3, 0.4) is 0 Å². The summed E-state index contributed by atoms with van der Waals surface area (Å²) in [5.74, 6) is 0.850. The second kappa shape index (κ2) is 19.6. The highest BCUT2D eigenvalue weighted by molar-refractivity contribution is 5.66. The molecule has 25 heavy (non-hydrogen) atoms. The Morgan fingerprint density at radius 3 is 1.88 bits per heavy atom. The predicted octanol–water partition coefficient (Wildman–Crippen LogP) is 7.24. The molecule has 3 nitrogen and oxygen atoms in total. The molecule has 0 bridgehead atoms. The number of hydrogen-bond donors (Lipinski definition) is 1. The Labute approximate surface area is 157 Å². The lowest BCUT2D eigenvalue weighted by Gasteiger charge is -2.07. The van der Waals surface area contributed by atoms with Crippen LogP contribution in [-0.4, -0.2) is 19.2 Å². The minimum atomic E-state index is -0.237. The first-order chi connectivity index (χ1) is 12.2. The molecule has 0 aromatic heterocycles. The van der Waals surface area contributed by atoms with Gasteiger partial charge in [0.25, 0.3) is 0 Å². The molecule has 0 radical (unpaired) electrons. The van der Waals surface area contributed by atoms with E-state index in [-0.39, 0.29) is 6.09 Å². The van der Waals surface area contributed by atoms with E-state index in [0.717, 1.165) is 25.3 Å². The monoisotopic (exact) mass is 355 g/mol. The molecule has 0 aliphatic carbocycles. The standard InChI is InChI=1S/C22H45NO2/c1-4-5-6-7-13-16-19-23-22(24)25-20-17-14-11-9-8-10-12-15-18-21(2)3/h21H,4-20H2,1-3H3,(H,23,24). The minimum absolute atomic E-state index is 0.237. The summed E-state index contributed by atoms with van der Waals surface area (Å²) in [7, 11) is 0. The van der Waals surface area contributed by atoms with Crippen LogP contribution in [0.2, 0.25) is 0 Å². The zero-order valence-electron chi connectivity index (χ0n) is 17.4. The van der Waals surface area contributed by atoms with Gasteiger partial charge in [0.15, 0.2) is 0 Å². The summed E-state index contributed by atoms with van der Waals surface area (Å²) in [5.41, 5.74) is 0. The van der Waals surface area contributed by atoms with Gasteiger partial charge in [0.05, 0.1) is 6.61 Å². The lowest BCUT2D eigenvalue weighted by atomic mass is 10.0. The Bertz CT molecular complexity index is 279. The van der Waals surface area contributed by atoms with Crippen molar-refractivity contribution in [2.75, 3.05) is 13.2 Å². The fraction of sp³-hybridized carbons (Fsp3) is 0.955. The van der Waals surface area contributed by atoms with Gasteiger partial charge in [-0.25, -0.2) is 4.79 Å². The summed E-state index contributed by atoms with van der Waals surface area (Å²) in [6, 6.07) is 0. The SMILES string of the molecule is CCCCCCCCNC(=O)OCCCCCCCCCCC(C)C. The summed E-state index contributed by atoms with van der Waals surface area (Å²) in [4.78, 5) is 11.5. The Balaban J connectivity index is 3.14. The molecule has 0 aliphatic rings. The third-order valence-electron chi connectivity index (χ3n) is 4.71. The van der Waals surface area contributed by atoms with Crippen molar-refractivity contribution in [1.29, 1.82) is 0 Å². The number of carbonyl (C=O) groups is 1.